The SMILES string of the molecule is CCCCC1(CCCC)Oc2ccc(C3CCC(CCc4ccc(OCC)c(OCC)c4)N3CO)cc2S1. The van der Waals surface area contributed by atoms with Gasteiger partial charge in [0, 0.05) is 12.1 Å². The zero-order chi connectivity index (χ0) is 27.0. The van der Waals surface area contributed by atoms with Crippen LogP contribution in [0, 0.1) is 0 Å². The maximum atomic E-state index is 10.4. The lowest BCUT2D eigenvalue weighted by Crippen LogP contribution is -2.32. The fourth-order valence-electron chi connectivity index (χ4n) is 5.94. The smallest absolute Gasteiger partial charge is 0.161 e. The summed E-state index contributed by atoms with van der Waals surface area (Å²) in [6.45, 7) is 9.83. The quantitative estimate of drug-likeness (QED) is 0.246. The molecule has 0 radical (unpaired) electrons. The molecule has 1 N–H and O–H groups in total. The highest BCUT2D eigenvalue weighted by Crippen LogP contribution is 2.53. The van der Waals surface area contributed by atoms with Crippen LogP contribution in [0.15, 0.2) is 41.3 Å². The number of ether oxygens (including phenoxy) is 3. The van der Waals surface area contributed by atoms with E-state index in [1.165, 1.54) is 41.7 Å². The van der Waals surface area contributed by atoms with Gasteiger partial charge in [-0.3, -0.25) is 4.90 Å². The fraction of sp³-hybridized carbons (Fsp3) is 0.625. The van der Waals surface area contributed by atoms with Gasteiger partial charge in [-0.2, -0.15) is 0 Å². The Labute approximate surface area is 234 Å². The lowest BCUT2D eigenvalue weighted by atomic mass is 10.0. The highest BCUT2D eigenvalue weighted by atomic mass is 32.2. The topological polar surface area (TPSA) is 51.2 Å². The number of aliphatic hydroxyl groups is 1. The monoisotopic (exact) mass is 541 g/mol. The van der Waals surface area contributed by atoms with Crippen molar-refractivity contribution in [1.82, 2.24) is 4.90 Å². The molecule has 2 aliphatic rings. The maximum Gasteiger partial charge on any atom is 0.161 e. The van der Waals surface area contributed by atoms with Crippen LogP contribution in [0.3, 0.4) is 0 Å². The van der Waals surface area contributed by atoms with Crippen molar-refractivity contribution < 1.29 is 19.3 Å². The number of aryl methyl sites for hydroxylation is 1. The van der Waals surface area contributed by atoms with Crippen LogP contribution in [0.5, 0.6) is 17.2 Å². The van der Waals surface area contributed by atoms with Crippen LogP contribution >= 0.6 is 11.8 Å². The van der Waals surface area contributed by atoms with E-state index in [1.54, 1.807) is 0 Å². The van der Waals surface area contributed by atoms with Crippen molar-refractivity contribution >= 4 is 11.8 Å². The van der Waals surface area contributed by atoms with Crippen LogP contribution < -0.4 is 14.2 Å². The Bertz CT molecular complexity index is 1020. The summed E-state index contributed by atoms with van der Waals surface area (Å²) in [5, 5.41) is 10.4. The Hall–Kier alpha value is -1.89. The third-order valence-electron chi connectivity index (χ3n) is 7.95. The van der Waals surface area contributed by atoms with E-state index in [-0.39, 0.29) is 17.7 Å². The van der Waals surface area contributed by atoms with E-state index in [0.717, 1.165) is 55.8 Å². The van der Waals surface area contributed by atoms with Gasteiger partial charge in [-0.15, -0.1) is 0 Å². The van der Waals surface area contributed by atoms with Crippen LogP contribution in [0.2, 0.25) is 0 Å². The molecule has 2 aliphatic heterocycles. The second-order valence-electron chi connectivity index (χ2n) is 10.6. The number of rotatable bonds is 15. The fourth-order valence-corrected chi connectivity index (χ4v) is 7.37. The molecule has 5 nitrogen and oxygen atoms in total. The lowest BCUT2D eigenvalue weighted by molar-refractivity contribution is 0.0595. The first-order valence-corrected chi connectivity index (χ1v) is 15.6. The minimum Gasteiger partial charge on any atom is -0.490 e. The number of unbranched alkanes of at least 4 members (excludes halogenated alkanes) is 2. The van der Waals surface area contributed by atoms with Crippen molar-refractivity contribution in [2.75, 3.05) is 19.9 Å². The molecule has 0 spiro atoms. The molecule has 2 unspecified atom stereocenters. The first kappa shape index (κ1) is 29.1. The molecular formula is C32H47NO4S. The number of benzene rings is 2. The third kappa shape index (κ3) is 6.81. The van der Waals surface area contributed by atoms with Crippen LogP contribution in [0.4, 0.5) is 0 Å². The number of thioether (sulfide) groups is 1. The first-order chi connectivity index (χ1) is 18.6. The molecule has 2 aromatic rings. The van der Waals surface area contributed by atoms with Crippen molar-refractivity contribution in [2.24, 2.45) is 0 Å². The van der Waals surface area contributed by atoms with Crippen LogP contribution in [0.25, 0.3) is 0 Å². The number of fused-ring (bicyclic) bond motifs is 1. The summed E-state index contributed by atoms with van der Waals surface area (Å²) < 4.78 is 18.2. The lowest BCUT2D eigenvalue weighted by Gasteiger charge is -2.28. The largest absolute Gasteiger partial charge is 0.490 e. The highest BCUT2D eigenvalue weighted by molar-refractivity contribution is 8.00. The van der Waals surface area contributed by atoms with E-state index in [1.807, 2.05) is 31.7 Å². The van der Waals surface area contributed by atoms with Crippen molar-refractivity contribution in [2.45, 2.75) is 114 Å². The van der Waals surface area contributed by atoms with Gasteiger partial charge in [0.2, 0.25) is 0 Å². The summed E-state index contributed by atoms with van der Waals surface area (Å²) in [5.41, 5.74) is 2.55. The van der Waals surface area contributed by atoms with Gasteiger partial charge in [-0.25, -0.2) is 0 Å². The molecule has 4 rings (SSSR count). The Kier molecular flexibility index (Phi) is 10.7. The van der Waals surface area contributed by atoms with Crippen molar-refractivity contribution in [1.29, 1.82) is 0 Å². The first-order valence-electron chi connectivity index (χ1n) is 14.8. The average molecular weight is 542 g/mol. The zero-order valence-electron chi connectivity index (χ0n) is 23.8. The van der Waals surface area contributed by atoms with Gasteiger partial charge in [0.1, 0.15) is 5.75 Å². The van der Waals surface area contributed by atoms with Crippen LogP contribution in [-0.4, -0.2) is 40.9 Å². The molecule has 0 bridgehead atoms. The number of hydrogen-bond donors (Lipinski definition) is 1. The second-order valence-corrected chi connectivity index (χ2v) is 12.0. The van der Waals surface area contributed by atoms with E-state index < -0.39 is 0 Å². The van der Waals surface area contributed by atoms with Crippen molar-refractivity contribution in [3.05, 3.63) is 47.5 Å². The minimum absolute atomic E-state index is 0.0838. The van der Waals surface area contributed by atoms with Crippen molar-refractivity contribution in [3.8, 4) is 17.2 Å². The molecule has 2 aromatic carbocycles. The van der Waals surface area contributed by atoms with Gasteiger partial charge in [-0.1, -0.05) is 50.6 Å². The molecular weight excluding hydrogens is 494 g/mol. The van der Waals surface area contributed by atoms with Gasteiger partial charge in [-0.05, 0) is 101 Å². The Morgan fingerprint density at radius 3 is 2.37 bits per heavy atom. The van der Waals surface area contributed by atoms with E-state index >= 15 is 0 Å². The Morgan fingerprint density at radius 1 is 0.947 bits per heavy atom. The van der Waals surface area contributed by atoms with Gasteiger partial charge in [0.25, 0.3) is 0 Å². The molecule has 0 aromatic heterocycles. The standard InChI is InChI=1S/C32H47NO4S/c1-5-9-19-32(20-10-6-2)37-29-18-13-25(22-31(29)38-32)27-16-15-26(33(27)23-34)14-11-24-12-17-28(35-7-3)30(21-24)36-8-4/h12-13,17-18,21-22,26-27,34H,5-11,14-16,19-20,23H2,1-4H3. The molecule has 2 heterocycles. The highest BCUT2D eigenvalue weighted by Gasteiger charge is 2.40. The van der Waals surface area contributed by atoms with E-state index in [4.69, 9.17) is 14.2 Å². The summed E-state index contributed by atoms with van der Waals surface area (Å²) in [7, 11) is 0. The second kappa shape index (κ2) is 14.0. The minimum atomic E-state index is -0.111. The van der Waals surface area contributed by atoms with E-state index in [0.29, 0.717) is 19.3 Å². The van der Waals surface area contributed by atoms with Crippen molar-refractivity contribution in [3.63, 3.8) is 0 Å². The summed E-state index contributed by atoms with van der Waals surface area (Å²) in [5.74, 6) is 2.67. The summed E-state index contributed by atoms with van der Waals surface area (Å²) in [6.07, 6.45) is 11.1. The van der Waals surface area contributed by atoms with E-state index in [9.17, 15) is 5.11 Å². The summed E-state index contributed by atoms with van der Waals surface area (Å²) >= 11 is 1.94. The maximum absolute atomic E-state index is 10.4. The molecule has 1 saturated heterocycles. The van der Waals surface area contributed by atoms with Gasteiger partial charge in [0.15, 0.2) is 16.4 Å². The molecule has 6 heteroatoms. The van der Waals surface area contributed by atoms with Gasteiger partial charge in [0.05, 0.1) is 24.8 Å². The average Bonchev–Trinajstić information content (AvgIpc) is 3.51. The third-order valence-corrected chi connectivity index (χ3v) is 9.35. The number of likely N-dealkylation sites (tertiary alicyclic amines) is 1. The molecule has 210 valence electrons. The predicted molar refractivity (Wildman–Crippen MR) is 156 cm³/mol. The number of aliphatic hydroxyl groups excluding tert-OH is 1. The van der Waals surface area contributed by atoms with Crippen LogP contribution in [0.1, 0.15) is 103 Å². The Morgan fingerprint density at radius 2 is 1.68 bits per heavy atom. The summed E-state index contributed by atoms with van der Waals surface area (Å²) in [6, 6.07) is 13.6. The number of nitrogens with zero attached hydrogens (tertiary/aromatic N) is 1. The molecule has 38 heavy (non-hydrogen) atoms. The van der Waals surface area contributed by atoms with Gasteiger partial charge >= 0.3 is 0 Å². The van der Waals surface area contributed by atoms with Gasteiger partial charge < -0.3 is 19.3 Å². The normalized spacial score (nSPS) is 20.3. The Balaban J connectivity index is 1.42. The molecule has 0 saturated carbocycles. The molecule has 0 amide bonds. The number of hydrogen-bond acceptors (Lipinski definition) is 6. The summed E-state index contributed by atoms with van der Waals surface area (Å²) in [4.78, 5) is 3.45. The zero-order valence-corrected chi connectivity index (χ0v) is 24.7. The molecule has 1 fully saturated rings. The predicted octanol–water partition coefficient (Wildman–Crippen LogP) is 8.13. The van der Waals surface area contributed by atoms with Crippen LogP contribution in [-0.2, 0) is 6.42 Å². The molecule has 0 aliphatic carbocycles. The van der Waals surface area contributed by atoms with E-state index in [2.05, 4.69) is 49.1 Å². The molecule has 2 atom stereocenters.